The fourth-order valence-corrected chi connectivity index (χ4v) is 3.62. The van der Waals surface area contributed by atoms with Gasteiger partial charge < -0.3 is 10.1 Å². The van der Waals surface area contributed by atoms with Gasteiger partial charge in [0.15, 0.2) is 11.6 Å². The average molecular weight is 419 g/mol. The van der Waals surface area contributed by atoms with Crippen LogP contribution in [0.25, 0.3) is 11.1 Å². The van der Waals surface area contributed by atoms with Crippen molar-refractivity contribution in [2.24, 2.45) is 0 Å². The molecule has 31 heavy (non-hydrogen) atoms. The summed E-state index contributed by atoms with van der Waals surface area (Å²) in [7, 11) is 0. The lowest BCUT2D eigenvalue weighted by atomic mass is 9.80. The number of amides is 1. The van der Waals surface area contributed by atoms with Gasteiger partial charge in [-0.3, -0.25) is 4.79 Å². The zero-order valence-electron chi connectivity index (χ0n) is 17.8. The number of tetrazole rings is 1. The van der Waals surface area contributed by atoms with Crippen molar-refractivity contribution in [1.82, 2.24) is 35.9 Å². The Labute approximate surface area is 180 Å². The van der Waals surface area contributed by atoms with Gasteiger partial charge in [-0.15, -0.1) is 5.10 Å². The van der Waals surface area contributed by atoms with Crippen molar-refractivity contribution in [1.29, 1.82) is 0 Å². The second kappa shape index (κ2) is 8.63. The molecular weight excluding hydrogens is 394 g/mol. The first-order valence-corrected chi connectivity index (χ1v) is 10.3. The van der Waals surface area contributed by atoms with Crippen LogP contribution in [0.4, 0.5) is 0 Å². The second-order valence-corrected chi connectivity index (χ2v) is 7.88. The van der Waals surface area contributed by atoms with E-state index in [0.29, 0.717) is 35.8 Å². The Hall–Kier alpha value is -3.62. The maximum atomic E-state index is 13.2. The van der Waals surface area contributed by atoms with E-state index in [1.165, 1.54) is 0 Å². The van der Waals surface area contributed by atoms with E-state index in [4.69, 9.17) is 4.74 Å². The van der Waals surface area contributed by atoms with E-state index in [1.54, 1.807) is 12.4 Å². The Morgan fingerprint density at radius 1 is 1.16 bits per heavy atom. The number of unbranched alkanes of at least 4 members (excludes halogenated alkanes) is 1. The molecule has 0 fully saturated rings. The van der Waals surface area contributed by atoms with E-state index in [1.807, 2.05) is 38.1 Å². The lowest BCUT2D eigenvalue weighted by molar-refractivity contribution is -0.117. The molecule has 1 atom stereocenters. The van der Waals surface area contributed by atoms with Gasteiger partial charge in [-0.05, 0) is 54.0 Å². The highest BCUT2D eigenvalue weighted by molar-refractivity contribution is 6.27. The van der Waals surface area contributed by atoms with Crippen LogP contribution < -0.4 is 10.1 Å². The first kappa shape index (κ1) is 20.6. The van der Waals surface area contributed by atoms with E-state index < -0.39 is 5.54 Å². The predicted molar refractivity (Wildman–Crippen MR) is 115 cm³/mol. The van der Waals surface area contributed by atoms with Crippen LogP contribution in [0.5, 0.6) is 5.75 Å². The smallest absolute Gasteiger partial charge is 0.256 e. The number of rotatable bonds is 7. The Kier molecular flexibility index (Phi) is 5.75. The van der Waals surface area contributed by atoms with Gasteiger partial charge in [0.25, 0.3) is 5.91 Å². The number of hydrogen-bond donors (Lipinski definition) is 2. The van der Waals surface area contributed by atoms with E-state index in [9.17, 15) is 4.79 Å². The van der Waals surface area contributed by atoms with Gasteiger partial charge >= 0.3 is 0 Å². The third-order valence-corrected chi connectivity index (χ3v) is 5.34. The summed E-state index contributed by atoms with van der Waals surface area (Å²) in [5.41, 5.74) is 2.29. The third-order valence-electron chi connectivity index (χ3n) is 5.34. The quantitative estimate of drug-likeness (QED) is 0.565. The number of carbonyl (C=O) groups is 1. The molecule has 9 heteroatoms. The predicted octanol–water partition coefficient (Wildman–Crippen LogP) is 2.82. The van der Waals surface area contributed by atoms with E-state index >= 15 is 0 Å². The summed E-state index contributed by atoms with van der Waals surface area (Å²) < 4.78 is 5.77. The van der Waals surface area contributed by atoms with Crippen LogP contribution in [0.3, 0.4) is 0 Å². The van der Waals surface area contributed by atoms with Crippen LogP contribution in [0.1, 0.15) is 55.9 Å². The monoisotopic (exact) mass is 419 g/mol. The maximum absolute atomic E-state index is 13.2. The second-order valence-electron chi connectivity index (χ2n) is 7.88. The van der Waals surface area contributed by atoms with Crippen LogP contribution in [0.15, 0.2) is 36.7 Å². The first-order chi connectivity index (χ1) is 15.0. The first-order valence-electron chi connectivity index (χ1n) is 10.3. The molecule has 0 unspecified atom stereocenters. The molecule has 1 amide bonds. The molecule has 1 aliphatic rings. The molecule has 0 bridgehead atoms. The molecule has 0 aliphatic carbocycles. The number of hydrogen-bond acceptors (Lipinski definition) is 7. The summed E-state index contributed by atoms with van der Waals surface area (Å²) in [6.45, 7) is 6.73. The normalized spacial score (nSPS) is 18.7. The zero-order valence-corrected chi connectivity index (χ0v) is 17.8. The number of ether oxygens (including phenoxy) is 1. The number of aromatic amines is 1. The molecule has 0 saturated heterocycles. The largest absolute Gasteiger partial charge is 0.494 e. The van der Waals surface area contributed by atoms with E-state index in [-0.39, 0.29) is 5.91 Å². The Morgan fingerprint density at radius 3 is 2.55 bits per heavy atom. The van der Waals surface area contributed by atoms with Gasteiger partial charge in [0.1, 0.15) is 5.75 Å². The molecule has 2 aromatic heterocycles. The maximum Gasteiger partial charge on any atom is 0.256 e. The SMILES string of the molecule is CCCCOc1ccc([C@]2(C)CC(c3ncc(C)cn3)=C(c3nnn[nH]3)C(=O)N2)cc1. The molecule has 3 heterocycles. The summed E-state index contributed by atoms with van der Waals surface area (Å²) in [6.07, 6.45) is 6.05. The van der Waals surface area contributed by atoms with Crippen molar-refractivity contribution in [3.63, 3.8) is 0 Å². The zero-order chi connectivity index (χ0) is 21.8. The van der Waals surface area contributed by atoms with Crippen LogP contribution in [-0.2, 0) is 10.3 Å². The van der Waals surface area contributed by atoms with Crippen molar-refractivity contribution in [2.45, 2.75) is 45.6 Å². The van der Waals surface area contributed by atoms with Crippen molar-refractivity contribution >= 4 is 17.1 Å². The summed E-state index contributed by atoms with van der Waals surface area (Å²) in [5, 5.41) is 17.0. The van der Waals surface area contributed by atoms with Crippen LogP contribution in [-0.4, -0.2) is 43.1 Å². The summed E-state index contributed by atoms with van der Waals surface area (Å²) in [4.78, 5) is 22.1. The number of aryl methyl sites for hydroxylation is 1. The minimum atomic E-state index is -0.653. The van der Waals surface area contributed by atoms with Crippen LogP contribution >= 0.6 is 0 Å². The highest BCUT2D eigenvalue weighted by atomic mass is 16.5. The number of H-pyrrole nitrogens is 1. The lowest BCUT2D eigenvalue weighted by Crippen LogP contribution is -2.47. The lowest BCUT2D eigenvalue weighted by Gasteiger charge is -2.36. The van der Waals surface area contributed by atoms with Gasteiger partial charge in [-0.2, -0.15) is 0 Å². The fraction of sp³-hybridized carbons (Fsp3) is 0.364. The fourth-order valence-electron chi connectivity index (χ4n) is 3.62. The third kappa shape index (κ3) is 4.30. The number of aromatic nitrogens is 6. The molecule has 0 radical (unpaired) electrons. The minimum absolute atomic E-state index is 0.283. The molecule has 0 saturated carbocycles. The number of benzene rings is 1. The van der Waals surface area contributed by atoms with Gasteiger partial charge in [-0.25, -0.2) is 15.1 Å². The van der Waals surface area contributed by atoms with Crippen LogP contribution in [0, 0.1) is 6.92 Å². The van der Waals surface area contributed by atoms with Crippen molar-refractivity contribution in [3.8, 4) is 5.75 Å². The molecule has 160 valence electrons. The van der Waals surface area contributed by atoms with Gasteiger partial charge in [0, 0.05) is 24.4 Å². The van der Waals surface area contributed by atoms with Crippen molar-refractivity contribution in [2.75, 3.05) is 6.61 Å². The van der Waals surface area contributed by atoms with E-state index in [0.717, 1.165) is 29.7 Å². The summed E-state index contributed by atoms with van der Waals surface area (Å²) in [5.74, 6) is 1.31. The topological polar surface area (TPSA) is 119 Å². The molecule has 9 nitrogen and oxygen atoms in total. The van der Waals surface area contributed by atoms with Gasteiger partial charge in [-0.1, -0.05) is 25.5 Å². The molecule has 3 aromatic rings. The van der Waals surface area contributed by atoms with Gasteiger partial charge in [0.05, 0.1) is 17.7 Å². The number of nitrogens with zero attached hydrogens (tertiary/aromatic N) is 5. The average Bonchev–Trinajstić information content (AvgIpc) is 3.29. The Bertz CT molecular complexity index is 1080. The summed E-state index contributed by atoms with van der Waals surface area (Å²) >= 11 is 0. The highest BCUT2D eigenvalue weighted by Crippen LogP contribution is 2.40. The Morgan fingerprint density at radius 2 is 1.90 bits per heavy atom. The molecule has 2 N–H and O–H groups in total. The van der Waals surface area contributed by atoms with Gasteiger partial charge in [0.2, 0.25) is 0 Å². The van der Waals surface area contributed by atoms with Crippen molar-refractivity contribution < 1.29 is 9.53 Å². The number of carbonyl (C=O) groups excluding carboxylic acids is 1. The molecule has 1 aromatic carbocycles. The van der Waals surface area contributed by atoms with Crippen molar-refractivity contribution in [3.05, 3.63) is 59.4 Å². The van der Waals surface area contributed by atoms with Crippen LogP contribution in [0.2, 0.25) is 0 Å². The molecule has 1 aliphatic heterocycles. The minimum Gasteiger partial charge on any atom is -0.494 e. The molecule has 0 spiro atoms. The highest BCUT2D eigenvalue weighted by Gasteiger charge is 2.39. The van der Waals surface area contributed by atoms with E-state index in [2.05, 4.69) is 42.8 Å². The number of nitrogens with one attached hydrogen (secondary N) is 2. The standard InChI is InChI=1S/C22H25N7O2/c1-4-5-10-31-16-8-6-15(7-9-16)22(3)11-17(19-23-12-14(2)13-24-19)18(21(30)25-22)20-26-28-29-27-20/h6-9,12-13H,4-5,10-11H2,1-3H3,(H,25,30)(H,26,27,28,29)/t22-/m0/s1. The molecule has 4 rings (SSSR count). The Balaban J connectivity index is 1.70. The summed E-state index contributed by atoms with van der Waals surface area (Å²) in [6, 6.07) is 7.83. The molecular formula is C22H25N7O2.